The number of hydrogen-bond acceptors (Lipinski definition) is 9. The fourth-order valence-corrected chi connectivity index (χ4v) is 2.90. The number of carbonyl (C=O) groups excluding carboxylic acids is 3. The molecule has 0 bridgehead atoms. The van der Waals surface area contributed by atoms with Gasteiger partial charge in [0.25, 0.3) is 0 Å². The maximum Gasteiger partial charge on any atom is 0.472 e. The topological polar surface area (TPSA) is 206 Å². The summed E-state index contributed by atoms with van der Waals surface area (Å²) in [6.45, 7) is 2.74. The molecule has 0 aromatic heterocycles. The van der Waals surface area contributed by atoms with Crippen LogP contribution in [-0.4, -0.2) is 64.8 Å². The van der Waals surface area contributed by atoms with Crippen molar-refractivity contribution in [3.05, 3.63) is 10.4 Å². The third-order valence-corrected chi connectivity index (χ3v) is 3.67. The molecule has 0 aromatic carbocycles. The largest absolute Gasteiger partial charge is 0.472 e. The van der Waals surface area contributed by atoms with E-state index < -0.39 is 62.9 Å². The first-order chi connectivity index (χ1) is 12.4. The van der Waals surface area contributed by atoms with E-state index in [0.29, 0.717) is 0 Å². The maximum absolute atomic E-state index is 11.5. The second kappa shape index (κ2) is 9.65. The number of nitrogens with zero attached hydrogens (tertiary/aromatic N) is 3. The normalized spacial score (nSPS) is 27.8. The Morgan fingerprint density at radius 2 is 1.74 bits per heavy atom. The van der Waals surface area contributed by atoms with Gasteiger partial charge in [0, 0.05) is 25.7 Å². The monoisotopic (exact) mass is 410 g/mol. The van der Waals surface area contributed by atoms with Gasteiger partial charge in [-0.15, -0.1) is 0 Å². The molecule has 0 aromatic rings. The number of nitrogens with one attached hydrogen (secondary N) is 1. The number of hydrogen-bond donors (Lipinski definition) is 3. The van der Waals surface area contributed by atoms with Crippen LogP contribution in [-0.2, 0) is 37.7 Å². The standard InChI is InChI=1S/C12H19N4O10P/c1-5(17)15-9-11(24-7(3)19)10(23-6(2)18)8(4-14-16-13)25-12(9)26-27(20,21)22/h8-12H,4H2,1-3H3,(H,15,17)(H2,20,21,22). The smallest absolute Gasteiger partial charge is 0.456 e. The second-order valence-corrected chi connectivity index (χ2v) is 6.62. The van der Waals surface area contributed by atoms with Gasteiger partial charge in [0.2, 0.25) is 5.91 Å². The van der Waals surface area contributed by atoms with Crippen molar-refractivity contribution in [2.24, 2.45) is 5.11 Å². The van der Waals surface area contributed by atoms with E-state index in [0.717, 1.165) is 20.8 Å². The predicted octanol–water partition coefficient (Wildman–Crippen LogP) is -0.501. The van der Waals surface area contributed by atoms with Gasteiger partial charge in [0.1, 0.15) is 12.1 Å². The minimum atomic E-state index is -5.10. The van der Waals surface area contributed by atoms with Gasteiger partial charge < -0.3 is 29.3 Å². The number of phosphoric ester groups is 1. The Hall–Kier alpha value is -2.21. The number of carbonyl (C=O) groups is 3. The lowest BCUT2D eigenvalue weighted by Gasteiger charge is -2.44. The van der Waals surface area contributed by atoms with Crippen LogP contribution in [0.1, 0.15) is 20.8 Å². The van der Waals surface area contributed by atoms with Crippen LogP contribution in [0.15, 0.2) is 5.11 Å². The molecule has 0 radical (unpaired) electrons. The number of ether oxygens (including phenoxy) is 3. The average molecular weight is 410 g/mol. The van der Waals surface area contributed by atoms with Gasteiger partial charge in [-0.25, -0.2) is 4.57 Å². The summed E-state index contributed by atoms with van der Waals surface area (Å²) in [4.78, 5) is 55.1. The molecule has 152 valence electrons. The number of rotatable bonds is 7. The highest BCUT2D eigenvalue weighted by atomic mass is 31.2. The number of azide groups is 1. The van der Waals surface area contributed by atoms with Crippen molar-refractivity contribution in [1.82, 2.24) is 5.32 Å². The van der Waals surface area contributed by atoms with E-state index >= 15 is 0 Å². The second-order valence-electron chi connectivity index (χ2n) is 5.43. The van der Waals surface area contributed by atoms with Crippen LogP contribution in [0, 0.1) is 0 Å². The Labute approximate surface area is 153 Å². The van der Waals surface area contributed by atoms with E-state index in [4.69, 9.17) is 29.5 Å². The van der Waals surface area contributed by atoms with Crippen LogP contribution < -0.4 is 5.32 Å². The molecule has 0 saturated carbocycles. The minimum absolute atomic E-state index is 0.444. The van der Waals surface area contributed by atoms with Crippen LogP contribution >= 0.6 is 7.82 Å². The Morgan fingerprint density at radius 3 is 2.19 bits per heavy atom. The van der Waals surface area contributed by atoms with Gasteiger partial charge in [-0.2, -0.15) is 0 Å². The molecule has 1 rings (SSSR count). The molecule has 1 saturated heterocycles. The average Bonchev–Trinajstić information content (AvgIpc) is 2.48. The van der Waals surface area contributed by atoms with E-state index in [-0.39, 0.29) is 0 Å². The Morgan fingerprint density at radius 1 is 1.19 bits per heavy atom. The summed E-state index contributed by atoms with van der Waals surface area (Å²) in [6, 6.07) is -1.44. The van der Waals surface area contributed by atoms with E-state index in [1.807, 2.05) is 0 Å². The molecule has 1 aliphatic rings. The first kappa shape index (κ1) is 22.8. The molecular weight excluding hydrogens is 391 g/mol. The molecule has 3 N–H and O–H groups in total. The van der Waals surface area contributed by atoms with E-state index in [1.54, 1.807) is 0 Å². The highest BCUT2D eigenvalue weighted by Gasteiger charge is 2.52. The molecule has 27 heavy (non-hydrogen) atoms. The first-order valence-corrected chi connectivity index (χ1v) is 8.99. The van der Waals surface area contributed by atoms with Crippen LogP contribution in [0.25, 0.3) is 10.4 Å². The Kier molecular flexibility index (Phi) is 8.16. The lowest BCUT2D eigenvalue weighted by atomic mass is 9.96. The zero-order valence-corrected chi connectivity index (χ0v) is 15.4. The van der Waals surface area contributed by atoms with Crippen molar-refractivity contribution in [3.63, 3.8) is 0 Å². The van der Waals surface area contributed by atoms with Crippen molar-refractivity contribution >= 4 is 25.7 Å². The SMILES string of the molecule is CC(=O)NC1C(OP(=O)(O)O)OC(CN=[N+]=[N-])C(OC(C)=O)C1OC(C)=O. The maximum atomic E-state index is 11.5. The van der Waals surface area contributed by atoms with Gasteiger partial charge in [-0.3, -0.25) is 18.9 Å². The van der Waals surface area contributed by atoms with Crippen molar-refractivity contribution in [2.45, 2.75) is 51.4 Å². The van der Waals surface area contributed by atoms with Gasteiger partial charge in [0.15, 0.2) is 18.5 Å². The summed E-state index contributed by atoms with van der Waals surface area (Å²) in [5.41, 5.74) is 8.50. The Balaban J connectivity index is 3.37. The van der Waals surface area contributed by atoms with Gasteiger partial charge in [-0.05, 0) is 5.53 Å². The van der Waals surface area contributed by atoms with Crippen molar-refractivity contribution in [1.29, 1.82) is 0 Å². The molecule has 1 heterocycles. The molecule has 0 spiro atoms. The van der Waals surface area contributed by atoms with Crippen molar-refractivity contribution in [2.75, 3.05) is 6.54 Å². The lowest BCUT2D eigenvalue weighted by Crippen LogP contribution is -2.66. The minimum Gasteiger partial charge on any atom is -0.456 e. The van der Waals surface area contributed by atoms with Gasteiger partial charge >= 0.3 is 19.8 Å². The molecule has 1 aliphatic heterocycles. The summed E-state index contributed by atoms with van der Waals surface area (Å²) < 4.78 is 31.3. The van der Waals surface area contributed by atoms with E-state index in [1.165, 1.54) is 0 Å². The summed E-state index contributed by atoms with van der Waals surface area (Å²) in [7, 11) is -5.10. The Bertz CT molecular complexity index is 675. The molecule has 5 unspecified atom stereocenters. The molecule has 1 fully saturated rings. The molecular formula is C12H19N4O10P. The summed E-state index contributed by atoms with van der Waals surface area (Å²) >= 11 is 0. The zero-order valence-electron chi connectivity index (χ0n) is 14.5. The third kappa shape index (κ3) is 7.51. The molecule has 5 atom stereocenters. The highest BCUT2D eigenvalue weighted by molar-refractivity contribution is 7.46. The summed E-state index contributed by atoms with van der Waals surface area (Å²) in [5.74, 6) is -2.32. The zero-order chi connectivity index (χ0) is 20.8. The van der Waals surface area contributed by atoms with Crippen molar-refractivity contribution < 1.29 is 47.5 Å². The summed E-state index contributed by atoms with van der Waals surface area (Å²) in [6.07, 6.45) is -5.88. The van der Waals surface area contributed by atoms with Crippen LogP contribution in [0.5, 0.6) is 0 Å². The van der Waals surface area contributed by atoms with Crippen LogP contribution in [0.2, 0.25) is 0 Å². The first-order valence-electron chi connectivity index (χ1n) is 7.46. The third-order valence-electron chi connectivity index (χ3n) is 3.19. The van der Waals surface area contributed by atoms with E-state index in [9.17, 15) is 18.9 Å². The van der Waals surface area contributed by atoms with Crippen LogP contribution in [0.4, 0.5) is 0 Å². The molecule has 1 amide bonds. The quantitative estimate of drug-likeness (QED) is 0.161. The molecule has 14 nitrogen and oxygen atoms in total. The number of esters is 2. The van der Waals surface area contributed by atoms with Gasteiger partial charge in [-0.1, -0.05) is 5.11 Å². The predicted molar refractivity (Wildman–Crippen MR) is 84.5 cm³/mol. The highest BCUT2D eigenvalue weighted by Crippen LogP contribution is 2.41. The molecule has 15 heteroatoms. The fourth-order valence-electron chi connectivity index (χ4n) is 2.45. The van der Waals surface area contributed by atoms with Gasteiger partial charge in [0.05, 0.1) is 6.54 Å². The van der Waals surface area contributed by atoms with E-state index in [2.05, 4.69) is 19.9 Å². The fraction of sp³-hybridized carbons (Fsp3) is 0.750. The van der Waals surface area contributed by atoms with Crippen LogP contribution in [0.3, 0.4) is 0 Å². The number of amides is 1. The molecule has 0 aliphatic carbocycles. The van der Waals surface area contributed by atoms with Crippen molar-refractivity contribution in [3.8, 4) is 0 Å². The number of phosphoric acid groups is 1. The lowest BCUT2D eigenvalue weighted by molar-refractivity contribution is -0.250. The summed E-state index contributed by atoms with van der Waals surface area (Å²) in [5, 5.41) is 5.56.